The first-order valence-corrected chi connectivity index (χ1v) is 6.80. The molecule has 0 heterocycles. The number of nitro benzene ring substituents is 1. The number of phenolic OH excluding ortho intramolecular Hbond substituents is 1. The molecule has 0 aromatic heterocycles. The minimum atomic E-state index is -0.618. The van der Waals surface area contributed by atoms with Gasteiger partial charge in [-0.1, -0.05) is 17.7 Å². The highest BCUT2D eigenvalue weighted by molar-refractivity contribution is 9.10. The molecule has 0 fully saturated rings. The Balaban J connectivity index is 2.30. The van der Waals surface area contributed by atoms with Crippen LogP contribution in [-0.2, 0) is 0 Å². The molecular weight excluding hydrogens is 364 g/mol. The fraction of sp³-hybridized carbons (Fsp3) is 0. The molecule has 0 aliphatic rings. The molecular formula is C13H8BrClN2O4. The van der Waals surface area contributed by atoms with E-state index in [0.29, 0.717) is 10.2 Å². The second-order valence-corrected chi connectivity index (χ2v) is 5.27. The molecule has 2 aromatic rings. The summed E-state index contributed by atoms with van der Waals surface area (Å²) in [7, 11) is 0. The molecule has 0 saturated carbocycles. The number of carbonyl (C=O) groups is 1. The van der Waals surface area contributed by atoms with Gasteiger partial charge in [-0.25, -0.2) is 0 Å². The summed E-state index contributed by atoms with van der Waals surface area (Å²) in [6.07, 6.45) is 0. The summed E-state index contributed by atoms with van der Waals surface area (Å²) in [5.74, 6) is -0.870. The van der Waals surface area contributed by atoms with Crippen LogP contribution in [0.25, 0.3) is 0 Å². The van der Waals surface area contributed by atoms with Crippen LogP contribution < -0.4 is 5.32 Å². The van der Waals surface area contributed by atoms with E-state index in [1.807, 2.05) is 0 Å². The number of non-ortho nitro benzene ring substituents is 1. The molecule has 2 N–H and O–H groups in total. The predicted octanol–water partition coefficient (Wildman–Crippen LogP) is 3.97. The van der Waals surface area contributed by atoms with Gasteiger partial charge in [-0.2, -0.15) is 0 Å². The Labute approximate surface area is 132 Å². The van der Waals surface area contributed by atoms with Crippen molar-refractivity contribution in [2.75, 3.05) is 5.32 Å². The lowest BCUT2D eigenvalue weighted by Crippen LogP contribution is -2.13. The number of carbonyl (C=O) groups excluding carboxylic acids is 1. The number of nitrogens with zero attached hydrogens (tertiary/aromatic N) is 1. The van der Waals surface area contributed by atoms with Crippen molar-refractivity contribution >= 4 is 44.8 Å². The van der Waals surface area contributed by atoms with Crippen LogP contribution in [0.1, 0.15) is 10.4 Å². The van der Waals surface area contributed by atoms with Gasteiger partial charge in [-0.3, -0.25) is 14.9 Å². The molecule has 0 spiro atoms. The third kappa shape index (κ3) is 3.32. The molecule has 0 unspecified atom stereocenters. The van der Waals surface area contributed by atoms with Gasteiger partial charge in [0.15, 0.2) is 0 Å². The van der Waals surface area contributed by atoms with Crippen molar-refractivity contribution in [2.24, 2.45) is 0 Å². The zero-order valence-corrected chi connectivity index (χ0v) is 12.7. The van der Waals surface area contributed by atoms with Crippen molar-refractivity contribution < 1.29 is 14.8 Å². The van der Waals surface area contributed by atoms with Crippen molar-refractivity contribution in [1.29, 1.82) is 0 Å². The molecule has 108 valence electrons. The third-order valence-corrected chi connectivity index (χ3v) is 3.60. The Morgan fingerprint density at radius 1 is 1.33 bits per heavy atom. The summed E-state index contributed by atoms with van der Waals surface area (Å²) in [6.45, 7) is 0. The number of rotatable bonds is 3. The van der Waals surface area contributed by atoms with Gasteiger partial charge in [0.25, 0.3) is 11.6 Å². The number of hydrogen-bond donors (Lipinski definition) is 2. The average molecular weight is 372 g/mol. The molecule has 0 atom stereocenters. The largest absolute Gasteiger partial charge is 0.507 e. The number of aromatic hydroxyl groups is 1. The second-order valence-electron chi connectivity index (χ2n) is 4.01. The highest BCUT2D eigenvalue weighted by atomic mass is 79.9. The van der Waals surface area contributed by atoms with Gasteiger partial charge in [0.2, 0.25) is 0 Å². The second kappa shape index (κ2) is 6.11. The van der Waals surface area contributed by atoms with E-state index in [1.54, 1.807) is 0 Å². The Bertz CT molecular complexity index is 716. The molecule has 0 aliphatic heterocycles. The normalized spacial score (nSPS) is 10.2. The molecule has 2 rings (SSSR count). The molecule has 8 heteroatoms. The van der Waals surface area contributed by atoms with E-state index in [-0.39, 0.29) is 22.0 Å². The Kier molecular flexibility index (Phi) is 4.44. The highest BCUT2D eigenvalue weighted by Crippen LogP contribution is 2.30. The summed E-state index contributed by atoms with van der Waals surface area (Å²) in [5.41, 5.74) is 0.148. The van der Waals surface area contributed by atoms with Crippen molar-refractivity contribution in [1.82, 2.24) is 0 Å². The van der Waals surface area contributed by atoms with Crippen LogP contribution in [0, 0.1) is 10.1 Å². The van der Waals surface area contributed by atoms with Crippen molar-refractivity contribution in [3.8, 4) is 5.75 Å². The van der Waals surface area contributed by atoms with Crippen LogP contribution in [0.15, 0.2) is 40.9 Å². The Morgan fingerprint density at radius 2 is 2.05 bits per heavy atom. The van der Waals surface area contributed by atoms with Gasteiger partial charge in [0.1, 0.15) is 11.3 Å². The Morgan fingerprint density at radius 3 is 2.62 bits per heavy atom. The molecule has 2 aromatic carbocycles. The van der Waals surface area contributed by atoms with Gasteiger partial charge in [0, 0.05) is 16.6 Å². The first kappa shape index (κ1) is 15.3. The maximum atomic E-state index is 12.1. The lowest BCUT2D eigenvalue weighted by atomic mass is 10.2. The van der Waals surface area contributed by atoms with E-state index in [9.17, 15) is 20.0 Å². The maximum absolute atomic E-state index is 12.1. The smallest absolute Gasteiger partial charge is 0.270 e. The number of anilines is 1. The zero-order valence-electron chi connectivity index (χ0n) is 10.3. The molecule has 0 aliphatic carbocycles. The number of hydrogen-bond acceptors (Lipinski definition) is 4. The van der Waals surface area contributed by atoms with Crippen molar-refractivity contribution in [2.45, 2.75) is 0 Å². The summed E-state index contributed by atoms with van der Waals surface area (Å²) in [4.78, 5) is 22.2. The van der Waals surface area contributed by atoms with E-state index in [1.165, 1.54) is 36.4 Å². The predicted molar refractivity (Wildman–Crippen MR) is 81.9 cm³/mol. The van der Waals surface area contributed by atoms with Crippen LogP contribution in [0.3, 0.4) is 0 Å². The number of benzene rings is 2. The van der Waals surface area contributed by atoms with Gasteiger partial charge in [0.05, 0.1) is 15.6 Å². The summed E-state index contributed by atoms with van der Waals surface area (Å²) in [5, 5.41) is 22.9. The lowest BCUT2D eigenvalue weighted by molar-refractivity contribution is -0.384. The van der Waals surface area contributed by atoms with Gasteiger partial charge in [-0.15, -0.1) is 0 Å². The maximum Gasteiger partial charge on any atom is 0.270 e. The first-order chi connectivity index (χ1) is 9.90. The van der Waals surface area contributed by atoms with Crippen LogP contribution in [0.5, 0.6) is 5.75 Å². The van der Waals surface area contributed by atoms with Crippen molar-refractivity contribution in [3.05, 3.63) is 61.6 Å². The number of phenols is 1. The van der Waals surface area contributed by atoms with Gasteiger partial charge >= 0.3 is 0 Å². The first-order valence-electron chi connectivity index (χ1n) is 5.63. The number of amides is 1. The zero-order chi connectivity index (χ0) is 15.6. The average Bonchev–Trinajstić information content (AvgIpc) is 2.40. The van der Waals surface area contributed by atoms with E-state index in [4.69, 9.17) is 11.6 Å². The Hall–Kier alpha value is -2.12. The van der Waals surface area contributed by atoms with E-state index < -0.39 is 10.8 Å². The van der Waals surface area contributed by atoms with E-state index in [0.717, 1.165) is 0 Å². The van der Waals surface area contributed by atoms with Crippen molar-refractivity contribution in [3.63, 3.8) is 0 Å². The fourth-order valence-corrected chi connectivity index (χ4v) is 2.36. The standard InChI is InChI=1S/C13H8BrClN2O4/c14-8-6-7(17(20)21)4-5-10(8)16-13(19)12-9(15)2-1-3-11(12)18/h1-6,18H,(H,16,19). The van der Waals surface area contributed by atoms with Gasteiger partial charge < -0.3 is 10.4 Å². The minimum absolute atomic E-state index is 0.0654. The molecule has 1 amide bonds. The minimum Gasteiger partial charge on any atom is -0.507 e. The molecule has 0 bridgehead atoms. The lowest BCUT2D eigenvalue weighted by Gasteiger charge is -2.09. The number of halogens is 2. The summed E-state index contributed by atoms with van der Waals surface area (Å²) >= 11 is 9.01. The molecule has 21 heavy (non-hydrogen) atoms. The molecule has 0 radical (unpaired) electrons. The van der Waals surface area contributed by atoms with E-state index >= 15 is 0 Å². The van der Waals surface area contributed by atoms with Crippen LogP contribution >= 0.6 is 27.5 Å². The third-order valence-electron chi connectivity index (χ3n) is 2.63. The molecule has 6 nitrogen and oxygen atoms in total. The topological polar surface area (TPSA) is 92.5 Å². The highest BCUT2D eigenvalue weighted by Gasteiger charge is 2.17. The van der Waals surface area contributed by atoms with Crippen LogP contribution in [0.2, 0.25) is 5.02 Å². The number of nitrogens with one attached hydrogen (secondary N) is 1. The monoisotopic (exact) mass is 370 g/mol. The van der Waals surface area contributed by atoms with Gasteiger partial charge in [-0.05, 0) is 34.1 Å². The van der Waals surface area contributed by atoms with Crippen LogP contribution in [0.4, 0.5) is 11.4 Å². The quantitative estimate of drug-likeness (QED) is 0.631. The molecule has 0 saturated heterocycles. The summed E-state index contributed by atoms with van der Waals surface area (Å²) < 4.78 is 0.344. The summed E-state index contributed by atoms with van der Waals surface area (Å²) in [6, 6.07) is 8.23. The fourth-order valence-electron chi connectivity index (χ4n) is 1.64. The number of nitro groups is 1. The SMILES string of the molecule is O=C(Nc1ccc([N+](=O)[O-])cc1Br)c1c(O)cccc1Cl. The van der Waals surface area contributed by atoms with Crippen LogP contribution in [-0.4, -0.2) is 15.9 Å². The van der Waals surface area contributed by atoms with E-state index in [2.05, 4.69) is 21.2 Å².